The number of nitrogens with one attached hydrogen (secondary N) is 2. The zero-order valence-corrected chi connectivity index (χ0v) is 12.9. The predicted octanol–water partition coefficient (Wildman–Crippen LogP) is 3.31. The van der Waals surface area contributed by atoms with Crippen LogP contribution in [0.15, 0.2) is 29.4 Å². The molecule has 0 aliphatic carbocycles. The fourth-order valence-electron chi connectivity index (χ4n) is 1.85. The van der Waals surface area contributed by atoms with E-state index in [1.54, 1.807) is 12.1 Å². The van der Waals surface area contributed by atoms with E-state index < -0.39 is 5.82 Å². The molecular formula is C13H10ClFN6S. The van der Waals surface area contributed by atoms with E-state index in [1.807, 2.05) is 6.92 Å². The second kappa shape index (κ2) is 5.82. The van der Waals surface area contributed by atoms with Gasteiger partial charge >= 0.3 is 0 Å². The third kappa shape index (κ3) is 2.70. The van der Waals surface area contributed by atoms with Gasteiger partial charge in [-0.15, -0.1) is 0 Å². The van der Waals surface area contributed by atoms with Crippen molar-refractivity contribution in [3.05, 3.63) is 51.1 Å². The van der Waals surface area contributed by atoms with Crippen LogP contribution >= 0.6 is 23.8 Å². The maximum atomic E-state index is 13.8. The fraction of sp³-hybridized carbons (Fsp3) is 0.0769. The average Bonchev–Trinajstić information content (AvgIpc) is 3.05. The van der Waals surface area contributed by atoms with E-state index >= 15 is 0 Å². The minimum atomic E-state index is -0.469. The normalized spacial score (nSPS) is 11.4. The number of halogens is 2. The summed E-state index contributed by atoms with van der Waals surface area (Å²) in [6, 6.07) is 6.21. The van der Waals surface area contributed by atoms with E-state index in [4.69, 9.17) is 23.8 Å². The van der Waals surface area contributed by atoms with Crippen molar-refractivity contribution in [2.24, 2.45) is 5.10 Å². The Labute approximate surface area is 134 Å². The van der Waals surface area contributed by atoms with Gasteiger partial charge in [0.2, 0.25) is 10.6 Å². The molecule has 22 heavy (non-hydrogen) atoms. The number of aryl methyl sites for hydroxylation is 1. The average molecular weight is 337 g/mol. The minimum absolute atomic E-state index is 0.177. The fourth-order valence-corrected chi connectivity index (χ4v) is 2.24. The summed E-state index contributed by atoms with van der Waals surface area (Å²) in [7, 11) is 0. The highest BCUT2D eigenvalue weighted by Crippen LogP contribution is 2.18. The van der Waals surface area contributed by atoms with Crippen molar-refractivity contribution in [3.8, 4) is 11.5 Å². The quantitative estimate of drug-likeness (QED) is 0.569. The molecule has 0 saturated carbocycles. The zero-order chi connectivity index (χ0) is 15.7. The number of hydrogen-bond donors (Lipinski definition) is 2. The standard InChI is InChI=1S/C13H10ClFN6S/c1-7-5-11(18-17-7)12-19-20-13(22)21(12)16-6-8-9(14)3-2-4-10(8)15/h2-6H,1H3,(H,17,18)(H,20,22)/b16-6+. The van der Waals surface area contributed by atoms with Crippen LogP contribution < -0.4 is 0 Å². The second-order valence-corrected chi connectivity index (χ2v) is 5.27. The Morgan fingerprint density at radius 1 is 1.36 bits per heavy atom. The third-order valence-corrected chi connectivity index (χ3v) is 3.48. The lowest BCUT2D eigenvalue weighted by Gasteiger charge is -2.00. The molecule has 0 aliphatic heterocycles. The van der Waals surface area contributed by atoms with Crippen LogP contribution in [0.3, 0.4) is 0 Å². The number of rotatable bonds is 3. The van der Waals surface area contributed by atoms with Gasteiger partial charge < -0.3 is 0 Å². The summed E-state index contributed by atoms with van der Waals surface area (Å²) in [5.41, 5.74) is 1.62. The molecule has 9 heteroatoms. The summed E-state index contributed by atoms with van der Waals surface area (Å²) in [5, 5.41) is 18.0. The SMILES string of the molecule is Cc1cc(-c2n[nH]c(=S)n2/N=C/c2c(F)cccc2Cl)n[nH]1. The molecule has 6 nitrogen and oxygen atoms in total. The monoisotopic (exact) mass is 336 g/mol. The third-order valence-electron chi connectivity index (χ3n) is 2.89. The topological polar surface area (TPSA) is 74.7 Å². The van der Waals surface area contributed by atoms with Gasteiger partial charge in [-0.2, -0.15) is 20.0 Å². The number of benzene rings is 1. The summed E-state index contributed by atoms with van der Waals surface area (Å²) in [5.74, 6) is -0.0542. The molecule has 1 aromatic carbocycles. The van der Waals surface area contributed by atoms with Crippen molar-refractivity contribution in [2.75, 3.05) is 0 Å². The maximum absolute atomic E-state index is 13.8. The van der Waals surface area contributed by atoms with E-state index in [1.165, 1.54) is 23.0 Å². The molecule has 0 amide bonds. The van der Waals surface area contributed by atoms with Crippen LogP contribution in [0.4, 0.5) is 4.39 Å². The summed E-state index contributed by atoms with van der Waals surface area (Å²) < 4.78 is 15.4. The van der Waals surface area contributed by atoms with Gasteiger partial charge in [0.25, 0.3) is 0 Å². The molecule has 0 radical (unpaired) electrons. The van der Waals surface area contributed by atoms with Crippen LogP contribution in [0.5, 0.6) is 0 Å². The molecule has 0 bridgehead atoms. The van der Waals surface area contributed by atoms with Gasteiger partial charge in [0.1, 0.15) is 11.5 Å². The molecule has 0 fully saturated rings. The largest absolute Gasteiger partial charge is 0.282 e. The first-order valence-corrected chi connectivity index (χ1v) is 7.03. The van der Waals surface area contributed by atoms with E-state index in [2.05, 4.69) is 25.5 Å². The lowest BCUT2D eigenvalue weighted by Crippen LogP contribution is -1.97. The number of nitrogens with zero attached hydrogens (tertiary/aromatic N) is 4. The van der Waals surface area contributed by atoms with Crippen LogP contribution in [0.2, 0.25) is 5.02 Å². The van der Waals surface area contributed by atoms with Gasteiger partial charge in [0.15, 0.2) is 0 Å². The van der Waals surface area contributed by atoms with E-state index in [9.17, 15) is 4.39 Å². The molecule has 112 valence electrons. The Morgan fingerprint density at radius 3 is 2.86 bits per heavy atom. The van der Waals surface area contributed by atoms with Gasteiger partial charge in [-0.1, -0.05) is 17.7 Å². The van der Waals surface area contributed by atoms with Crippen LogP contribution in [0.25, 0.3) is 11.5 Å². The minimum Gasteiger partial charge on any atom is -0.282 e. The van der Waals surface area contributed by atoms with Gasteiger partial charge in [0.05, 0.1) is 11.2 Å². The van der Waals surface area contributed by atoms with Crippen molar-refractivity contribution in [2.45, 2.75) is 6.92 Å². The zero-order valence-electron chi connectivity index (χ0n) is 11.3. The number of aromatic amines is 2. The van der Waals surface area contributed by atoms with Crippen molar-refractivity contribution in [1.82, 2.24) is 25.1 Å². The maximum Gasteiger partial charge on any atom is 0.216 e. The predicted molar refractivity (Wildman–Crippen MR) is 84.1 cm³/mol. The van der Waals surface area contributed by atoms with E-state index in [-0.39, 0.29) is 15.4 Å². The second-order valence-electron chi connectivity index (χ2n) is 4.48. The highest BCUT2D eigenvalue weighted by atomic mass is 35.5. The molecular weight excluding hydrogens is 327 g/mol. The lowest BCUT2D eigenvalue weighted by atomic mass is 10.2. The molecule has 0 atom stereocenters. The Kier molecular flexibility index (Phi) is 3.86. The molecule has 0 aliphatic rings. The van der Waals surface area contributed by atoms with Gasteiger partial charge in [0, 0.05) is 11.3 Å². The highest BCUT2D eigenvalue weighted by molar-refractivity contribution is 7.71. The van der Waals surface area contributed by atoms with Crippen molar-refractivity contribution < 1.29 is 4.39 Å². The lowest BCUT2D eigenvalue weighted by molar-refractivity contribution is 0.625. The first-order valence-electron chi connectivity index (χ1n) is 6.24. The Balaban J connectivity index is 2.05. The first kappa shape index (κ1) is 14.6. The van der Waals surface area contributed by atoms with E-state index in [0.29, 0.717) is 11.5 Å². The molecule has 3 rings (SSSR count). The van der Waals surface area contributed by atoms with Crippen LogP contribution in [-0.2, 0) is 0 Å². The number of aromatic nitrogens is 5. The van der Waals surface area contributed by atoms with Crippen molar-refractivity contribution in [3.63, 3.8) is 0 Å². The summed E-state index contributed by atoms with van der Waals surface area (Å²) in [6.45, 7) is 1.87. The van der Waals surface area contributed by atoms with Crippen molar-refractivity contribution >= 4 is 30.0 Å². The van der Waals surface area contributed by atoms with Crippen LogP contribution in [0, 0.1) is 17.5 Å². The molecule has 2 heterocycles. The van der Waals surface area contributed by atoms with Crippen LogP contribution in [0.1, 0.15) is 11.3 Å². The Bertz CT molecular complexity index is 889. The summed E-state index contributed by atoms with van der Waals surface area (Å²) in [6.07, 6.45) is 1.30. The Hall–Kier alpha value is -2.32. The molecule has 3 aromatic rings. The molecule has 0 unspecified atom stereocenters. The number of hydrogen-bond acceptors (Lipinski definition) is 4. The number of H-pyrrole nitrogens is 2. The van der Waals surface area contributed by atoms with Gasteiger partial charge in [-0.25, -0.2) is 9.49 Å². The summed E-state index contributed by atoms with van der Waals surface area (Å²) in [4.78, 5) is 0. The smallest absolute Gasteiger partial charge is 0.216 e. The van der Waals surface area contributed by atoms with E-state index in [0.717, 1.165) is 5.69 Å². The van der Waals surface area contributed by atoms with Crippen molar-refractivity contribution in [1.29, 1.82) is 0 Å². The molecule has 0 saturated heterocycles. The highest BCUT2D eigenvalue weighted by Gasteiger charge is 2.11. The van der Waals surface area contributed by atoms with Crippen LogP contribution in [-0.4, -0.2) is 31.3 Å². The first-order chi connectivity index (χ1) is 10.6. The summed E-state index contributed by atoms with van der Waals surface area (Å²) >= 11 is 11.1. The Morgan fingerprint density at radius 2 is 2.18 bits per heavy atom. The molecule has 0 spiro atoms. The molecule has 2 aromatic heterocycles. The van der Waals surface area contributed by atoms with Gasteiger partial charge in [-0.3, -0.25) is 5.10 Å². The molecule has 2 N–H and O–H groups in total. The van der Waals surface area contributed by atoms with Gasteiger partial charge in [-0.05, 0) is 37.3 Å².